The van der Waals surface area contributed by atoms with E-state index in [-0.39, 0.29) is 0 Å². The van der Waals surface area contributed by atoms with Gasteiger partial charge in [0.25, 0.3) is 0 Å². The lowest BCUT2D eigenvalue weighted by molar-refractivity contribution is 0.670. The van der Waals surface area contributed by atoms with Gasteiger partial charge < -0.3 is 13.9 Å². The fourth-order valence-corrected chi connectivity index (χ4v) is 9.51. The van der Waals surface area contributed by atoms with Crippen molar-refractivity contribution in [3.8, 4) is 39.1 Å². The number of anilines is 3. The van der Waals surface area contributed by atoms with Crippen LogP contribution in [0.5, 0.6) is 0 Å². The third-order valence-corrected chi connectivity index (χ3v) is 12.2. The first-order chi connectivity index (χ1) is 30.3. The summed E-state index contributed by atoms with van der Waals surface area (Å²) < 4.78 is 9.13. The molecule has 12 aromatic rings. The number of para-hydroxylation sites is 5. The van der Waals surface area contributed by atoms with E-state index in [4.69, 9.17) is 4.42 Å². The van der Waals surface area contributed by atoms with E-state index in [1.54, 1.807) is 0 Å². The van der Waals surface area contributed by atoms with E-state index in [9.17, 15) is 0 Å². The van der Waals surface area contributed by atoms with Crippen LogP contribution in [0, 0.1) is 0 Å². The zero-order valence-corrected chi connectivity index (χ0v) is 33.2. The molecule has 0 aliphatic rings. The molecule has 0 saturated carbocycles. The number of aromatic nitrogens is 1. The predicted molar refractivity (Wildman–Crippen MR) is 257 cm³/mol. The second-order valence-electron chi connectivity index (χ2n) is 15.6. The Morgan fingerprint density at radius 1 is 0.344 bits per heavy atom. The summed E-state index contributed by atoms with van der Waals surface area (Å²) >= 11 is 0. The van der Waals surface area contributed by atoms with Gasteiger partial charge in [-0.05, 0) is 82.1 Å². The molecule has 0 aliphatic heterocycles. The SMILES string of the molecule is c1ccc(-c2cc(-c3cccc4ccccc34)ccc2N(c2ccccc2-c2cccc3c2oc2ccccc23)c2cccc3c2c2ccccc2n3-c2ccccc2)cc1. The highest BCUT2D eigenvalue weighted by Gasteiger charge is 2.26. The predicted octanol–water partition coefficient (Wildman–Crippen LogP) is 16.3. The standard InChI is InChI=1S/C58H38N2O/c1-3-18-40(19-4-1)50-38-41(44-28-15-21-39-20-7-8-24-43(39)44)36-37-53(50)60(51-31-12-9-25-45(51)47-29-16-30-48-46-26-11-14-35-56(46)61-58(47)48)55-34-17-33-54-57(55)49-27-10-13-32-52(49)59(54)42-22-5-2-6-23-42/h1-38H. The fraction of sp³-hybridized carbons (Fsp3) is 0. The number of benzene rings is 10. The quantitative estimate of drug-likeness (QED) is 0.161. The van der Waals surface area contributed by atoms with Gasteiger partial charge in [-0.1, -0.05) is 176 Å². The number of rotatable bonds is 7. The molecule has 0 saturated heterocycles. The molecule has 2 heterocycles. The second-order valence-corrected chi connectivity index (χ2v) is 15.6. The highest BCUT2D eigenvalue weighted by Crippen LogP contribution is 2.51. The summed E-state index contributed by atoms with van der Waals surface area (Å²) in [5.74, 6) is 0. The average Bonchev–Trinajstić information content (AvgIpc) is 3.89. The first-order valence-electron chi connectivity index (χ1n) is 20.9. The third kappa shape index (κ3) is 5.66. The maximum absolute atomic E-state index is 6.74. The van der Waals surface area contributed by atoms with Gasteiger partial charge in [-0.3, -0.25) is 0 Å². The van der Waals surface area contributed by atoms with Crippen LogP contribution < -0.4 is 4.90 Å². The van der Waals surface area contributed by atoms with Crippen molar-refractivity contribution in [2.75, 3.05) is 4.90 Å². The van der Waals surface area contributed by atoms with E-state index >= 15 is 0 Å². The van der Waals surface area contributed by atoms with E-state index in [2.05, 4.69) is 234 Å². The third-order valence-electron chi connectivity index (χ3n) is 12.2. The van der Waals surface area contributed by atoms with Crippen LogP contribution >= 0.6 is 0 Å². The molecule has 61 heavy (non-hydrogen) atoms. The van der Waals surface area contributed by atoms with Gasteiger partial charge in [-0.15, -0.1) is 0 Å². The molecule has 0 unspecified atom stereocenters. The Kier molecular flexibility index (Phi) is 8.17. The Morgan fingerprint density at radius 3 is 1.82 bits per heavy atom. The molecule has 3 nitrogen and oxygen atoms in total. The highest BCUT2D eigenvalue weighted by molar-refractivity contribution is 6.18. The second kappa shape index (κ2) is 14.3. The molecule has 0 radical (unpaired) electrons. The summed E-state index contributed by atoms with van der Waals surface area (Å²) in [7, 11) is 0. The van der Waals surface area contributed by atoms with Crippen molar-refractivity contribution in [2.45, 2.75) is 0 Å². The summed E-state index contributed by atoms with van der Waals surface area (Å²) in [6.07, 6.45) is 0. The number of hydrogen-bond acceptors (Lipinski definition) is 2. The monoisotopic (exact) mass is 778 g/mol. The van der Waals surface area contributed by atoms with Crippen molar-refractivity contribution < 1.29 is 4.42 Å². The van der Waals surface area contributed by atoms with Crippen LogP contribution in [0.3, 0.4) is 0 Å². The lowest BCUT2D eigenvalue weighted by Crippen LogP contribution is -2.13. The molecule has 0 fully saturated rings. The van der Waals surface area contributed by atoms with E-state index in [1.807, 2.05) is 6.07 Å². The lowest BCUT2D eigenvalue weighted by atomic mass is 9.92. The van der Waals surface area contributed by atoms with Gasteiger partial charge in [-0.25, -0.2) is 0 Å². The molecule has 2 aromatic heterocycles. The van der Waals surface area contributed by atoms with Gasteiger partial charge in [0.1, 0.15) is 11.2 Å². The average molecular weight is 779 g/mol. The molecule has 0 N–H and O–H groups in total. The minimum atomic E-state index is 0.879. The van der Waals surface area contributed by atoms with Crippen LogP contribution in [0.2, 0.25) is 0 Å². The zero-order chi connectivity index (χ0) is 40.3. The smallest absolute Gasteiger partial charge is 0.143 e. The summed E-state index contributed by atoms with van der Waals surface area (Å²) in [4.78, 5) is 2.50. The van der Waals surface area contributed by atoms with Gasteiger partial charge in [0.05, 0.1) is 28.1 Å². The Morgan fingerprint density at radius 2 is 0.934 bits per heavy atom. The molecule has 0 spiro atoms. The van der Waals surface area contributed by atoms with E-state index < -0.39 is 0 Å². The molecule has 0 amide bonds. The molecular formula is C58H38N2O. The van der Waals surface area contributed by atoms with Gasteiger partial charge >= 0.3 is 0 Å². The van der Waals surface area contributed by atoms with Crippen molar-refractivity contribution >= 4 is 71.6 Å². The Balaban J connectivity index is 1.19. The van der Waals surface area contributed by atoms with Crippen molar-refractivity contribution in [1.29, 1.82) is 0 Å². The summed E-state index contributed by atoms with van der Waals surface area (Å²) in [6.45, 7) is 0. The van der Waals surface area contributed by atoms with E-state index in [0.29, 0.717) is 0 Å². The Hall–Kier alpha value is -8.14. The maximum Gasteiger partial charge on any atom is 0.143 e. The fourth-order valence-electron chi connectivity index (χ4n) is 9.51. The van der Waals surface area contributed by atoms with Crippen LogP contribution in [0.4, 0.5) is 17.1 Å². The normalized spacial score (nSPS) is 11.6. The van der Waals surface area contributed by atoms with Crippen LogP contribution in [-0.2, 0) is 0 Å². The highest BCUT2D eigenvalue weighted by atomic mass is 16.3. The minimum absolute atomic E-state index is 0.879. The van der Waals surface area contributed by atoms with Gasteiger partial charge in [0, 0.05) is 43.9 Å². The topological polar surface area (TPSA) is 21.3 Å². The van der Waals surface area contributed by atoms with Crippen LogP contribution in [0.15, 0.2) is 235 Å². The zero-order valence-electron chi connectivity index (χ0n) is 33.2. The molecule has 0 bridgehead atoms. The summed E-state index contributed by atoms with van der Waals surface area (Å²) in [5, 5.41) is 7.04. The minimum Gasteiger partial charge on any atom is -0.455 e. The van der Waals surface area contributed by atoms with Gasteiger partial charge in [-0.2, -0.15) is 0 Å². The Labute approximate surface area is 353 Å². The van der Waals surface area contributed by atoms with Crippen molar-refractivity contribution in [3.05, 3.63) is 231 Å². The van der Waals surface area contributed by atoms with Gasteiger partial charge in [0.15, 0.2) is 0 Å². The van der Waals surface area contributed by atoms with E-state index in [0.717, 1.165) is 78.0 Å². The van der Waals surface area contributed by atoms with Crippen molar-refractivity contribution in [1.82, 2.24) is 4.57 Å². The van der Waals surface area contributed by atoms with E-state index in [1.165, 1.54) is 32.7 Å². The molecule has 0 atom stereocenters. The summed E-state index contributed by atoms with van der Waals surface area (Å²) in [5.41, 5.74) is 15.2. The van der Waals surface area contributed by atoms with Crippen molar-refractivity contribution in [2.24, 2.45) is 0 Å². The first kappa shape index (κ1) is 34.9. The van der Waals surface area contributed by atoms with Crippen molar-refractivity contribution in [3.63, 3.8) is 0 Å². The largest absolute Gasteiger partial charge is 0.455 e. The lowest BCUT2D eigenvalue weighted by Gasteiger charge is -2.31. The number of hydrogen-bond donors (Lipinski definition) is 0. The summed E-state index contributed by atoms with van der Waals surface area (Å²) in [6, 6.07) is 83.0. The van der Waals surface area contributed by atoms with Crippen LogP contribution in [0.1, 0.15) is 0 Å². The Bertz CT molecular complexity index is 3590. The van der Waals surface area contributed by atoms with Crippen LogP contribution in [0.25, 0.3) is 93.6 Å². The maximum atomic E-state index is 6.74. The molecule has 0 aliphatic carbocycles. The first-order valence-corrected chi connectivity index (χ1v) is 20.9. The van der Waals surface area contributed by atoms with Crippen LogP contribution in [-0.4, -0.2) is 4.57 Å². The molecule has 3 heteroatoms. The number of furan rings is 1. The van der Waals surface area contributed by atoms with Gasteiger partial charge in [0.2, 0.25) is 0 Å². The number of nitrogens with zero attached hydrogens (tertiary/aromatic N) is 2. The molecule has 12 rings (SSSR count). The number of fused-ring (bicyclic) bond motifs is 7. The molecular weight excluding hydrogens is 741 g/mol. The molecule has 10 aromatic carbocycles. The molecule has 286 valence electrons.